The van der Waals surface area contributed by atoms with Crippen LogP contribution in [0, 0.1) is 0 Å². The lowest BCUT2D eigenvalue weighted by molar-refractivity contribution is -0.302. The molecular formula is C51H99NO8. The zero-order valence-electron chi connectivity index (χ0n) is 39.2. The number of unbranched alkanes of at least 4 members (excludes halogenated alkanes) is 34. The Labute approximate surface area is 369 Å². The molecule has 60 heavy (non-hydrogen) atoms. The van der Waals surface area contributed by atoms with Crippen LogP contribution in [-0.4, -0.2) is 87.5 Å². The number of hydrogen-bond donors (Lipinski definition) is 6. The predicted octanol–water partition coefficient (Wildman–Crippen LogP) is 11.7. The standard InChI is InChI=1S/C51H99NO8/c1-3-5-7-9-11-12-13-14-15-16-17-18-19-20-21-22-23-24-25-26-27-28-29-30-31-32-33-35-36-38-40-45(54)44(52-47(55)41-39-37-34-10-8-6-4-2)43-59-51-50(58)49(57)48(56)46(42-53)60-51/h38,40,44-46,48-51,53-54,56-58H,3-37,39,41-43H2,1-2H3,(H,52,55)/b40-38+. The number of aliphatic hydroxyl groups is 5. The first-order valence-electron chi connectivity index (χ1n) is 25.9. The third-order valence-corrected chi connectivity index (χ3v) is 12.6. The van der Waals surface area contributed by atoms with Crippen LogP contribution in [0.2, 0.25) is 0 Å². The molecular weight excluding hydrogens is 755 g/mol. The molecule has 1 fully saturated rings. The molecule has 0 aromatic carbocycles. The van der Waals surface area contributed by atoms with Crippen molar-refractivity contribution in [3.8, 4) is 0 Å². The molecule has 7 atom stereocenters. The van der Waals surface area contributed by atoms with E-state index in [9.17, 15) is 30.3 Å². The molecule has 6 N–H and O–H groups in total. The molecule has 0 aliphatic carbocycles. The third-order valence-electron chi connectivity index (χ3n) is 12.6. The van der Waals surface area contributed by atoms with E-state index >= 15 is 0 Å². The van der Waals surface area contributed by atoms with Gasteiger partial charge < -0.3 is 40.3 Å². The number of ether oxygens (including phenoxy) is 2. The van der Waals surface area contributed by atoms with E-state index in [1.165, 1.54) is 193 Å². The summed E-state index contributed by atoms with van der Waals surface area (Å²) in [6.07, 6.45) is 43.2. The van der Waals surface area contributed by atoms with E-state index in [0.29, 0.717) is 6.42 Å². The SMILES string of the molecule is CCCCCCCCCCCCCCCCCCCCCCCCCCCCCC/C=C/C(O)C(COC1OC(CO)C(O)C(O)C1O)NC(=O)CCCCCCCCC. The zero-order valence-corrected chi connectivity index (χ0v) is 39.2. The normalized spacial score (nSPS) is 20.6. The lowest BCUT2D eigenvalue weighted by Gasteiger charge is -2.40. The minimum absolute atomic E-state index is 0.181. The van der Waals surface area contributed by atoms with Crippen LogP contribution < -0.4 is 5.32 Å². The molecule has 0 aromatic rings. The summed E-state index contributed by atoms with van der Waals surface area (Å²) in [6, 6.07) is -0.797. The molecule has 1 aliphatic rings. The third kappa shape index (κ3) is 31.7. The van der Waals surface area contributed by atoms with Crippen molar-refractivity contribution in [2.75, 3.05) is 13.2 Å². The minimum Gasteiger partial charge on any atom is -0.394 e. The summed E-state index contributed by atoms with van der Waals surface area (Å²) in [5, 5.41) is 54.1. The van der Waals surface area contributed by atoms with Crippen molar-refractivity contribution in [1.82, 2.24) is 5.32 Å². The van der Waals surface area contributed by atoms with Gasteiger partial charge in [-0.15, -0.1) is 0 Å². The summed E-state index contributed by atoms with van der Waals surface area (Å²) < 4.78 is 11.2. The molecule has 0 bridgehead atoms. The summed E-state index contributed by atoms with van der Waals surface area (Å²) in [5.41, 5.74) is 0. The van der Waals surface area contributed by atoms with Gasteiger partial charge >= 0.3 is 0 Å². The lowest BCUT2D eigenvalue weighted by atomic mass is 9.99. The Hall–Kier alpha value is -1.07. The van der Waals surface area contributed by atoms with E-state index in [4.69, 9.17) is 9.47 Å². The van der Waals surface area contributed by atoms with Crippen molar-refractivity contribution in [2.45, 2.75) is 294 Å². The van der Waals surface area contributed by atoms with Crippen molar-refractivity contribution in [2.24, 2.45) is 0 Å². The van der Waals surface area contributed by atoms with Crippen molar-refractivity contribution in [1.29, 1.82) is 0 Å². The monoisotopic (exact) mass is 854 g/mol. The van der Waals surface area contributed by atoms with Crippen LogP contribution in [0.3, 0.4) is 0 Å². The van der Waals surface area contributed by atoms with Crippen molar-refractivity contribution in [3.05, 3.63) is 12.2 Å². The second-order valence-corrected chi connectivity index (χ2v) is 18.3. The van der Waals surface area contributed by atoms with Gasteiger partial charge in [-0.1, -0.05) is 238 Å². The molecule has 0 radical (unpaired) electrons. The predicted molar refractivity (Wildman–Crippen MR) is 249 cm³/mol. The second-order valence-electron chi connectivity index (χ2n) is 18.3. The van der Waals surface area contributed by atoms with Crippen molar-refractivity contribution in [3.63, 3.8) is 0 Å². The molecule has 1 aliphatic heterocycles. The zero-order chi connectivity index (χ0) is 43.7. The van der Waals surface area contributed by atoms with Gasteiger partial charge in [-0.3, -0.25) is 4.79 Å². The van der Waals surface area contributed by atoms with Crippen LogP contribution in [0.4, 0.5) is 0 Å². The fraction of sp³-hybridized carbons (Fsp3) is 0.941. The van der Waals surface area contributed by atoms with Crippen LogP contribution in [-0.2, 0) is 14.3 Å². The molecule has 0 spiro atoms. The fourth-order valence-corrected chi connectivity index (χ4v) is 8.45. The van der Waals surface area contributed by atoms with E-state index in [1.54, 1.807) is 6.08 Å². The maximum Gasteiger partial charge on any atom is 0.220 e. The summed E-state index contributed by atoms with van der Waals surface area (Å²) in [5.74, 6) is -0.181. The topological polar surface area (TPSA) is 149 Å². The summed E-state index contributed by atoms with van der Waals surface area (Å²) >= 11 is 0. The largest absolute Gasteiger partial charge is 0.394 e. The molecule has 7 unspecified atom stereocenters. The smallest absolute Gasteiger partial charge is 0.220 e. The van der Waals surface area contributed by atoms with Crippen molar-refractivity contribution < 1.29 is 39.8 Å². The van der Waals surface area contributed by atoms with E-state index in [0.717, 1.165) is 38.5 Å². The highest BCUT2D eigenvalue weighted by molar-refractivity contribution is 5.76. The van der Waals surface area contributed by atoms with E-state index in [1.807, 2.05) is 6.08 Å². The highest BCUT2D eigenvalue weighted by atomic mass is 16.7. The Morgan fingerprint density at radius 3 is 1.30 bits per heavy atom. The molecule has 1 heterocycles. The fourth-order valence-electron chi connectivity index (χ4n) is 8.45. The maximum absolute atomic E-state index is 12.8. The number of allylic oxidation sites excluding steroid dienone is 1. The summed E-state index contributed by atoms with van der Waals surface area (Å²) in [4.78, 5) is 12.8. The number of amides is 1. The summed E-state index contributed by atoms with van der Waals surface area (Å²) in [7, 11) is 0. The number of rotatable bonds is 44. The highest BCUT2D eigenvalue weighted by Crippen LogP contribution is 2.23. The molecule has 0 saturated carbocycles. The van der Waals surface area contributed by atoms with Gasteiger partial charge in [0.15, 0.2) is 6.29 Å². The molecule has 1 rings (SSSR count). The van der Waals surface area contributed by atoms with Gasteiger partial charge in [0.25, 0.3) is 0 Å². The molecule has 9 heteroatoms. The summed E-state index contributed by atoms with van der Waals surface area (Å²) in [6.45, 7) is 3.74. The number of carbonyl (C=O) groups excluding carboxylic acids is 1. The Kier molecular flexibility index (Phi) is 39.8. The van der Waals surface area contributed by atoms with Crippen LogP contribution in [0.15, 0.2) is 12.2 Å². The van der Waals surface area contributed by atoms with Gasteiger partial charge in [0.2, 0.25) is 5.91 Å². The Morgan fingerprint density at radius 2 is 0.917 bits per heavy atom. The first-order chi connectivity index (χ1) is 29.3. The second kappa shape index (κ2) is 41.9. The molecule has 0 aromatic heterocycles. The highest BCUT2D eigenvalue weighted by Gasteiger charge is 2.44. The van der Waals surface area contributed by atoms with Gasteiger partial charge in [-0.25, -0.2) is 0 Å². The minimum atomic E-state index is -1.56. The van der Waals surface area contributed by atoms with Gasteiger partial charge in [-0.2, -0.15) is 0 Å². The first kappa shape index (κ1) is 56.9. The van der Waals surface area contributed by atoms with E-state index in [2.05, 4.69) is 19.2 Å². The molecule has 1 saturated heterocycles. The van der Waals surface area contributed by atoms with Crippen LogP contribution in [0.5, 0.6) is 0 Å². The van der Waals surface area contributed by atoms with Crippen molar-refractivity contribution >= 4 is 5.91 Å². The first-order valence-corrected chi connectivity index (χ1v) is 25.9. The molecule has 356 valence electrons. The van der Waals surface area contributed by atoms with E-state index in [-0.39, 0.29) is 12.5 Å². The average Bonchev–Trinajstić information content (AvgIpc) is 3.25. The lowest BCUT2D eigenvalue weighted by Crippen LogP contribution is -2.60. The number of hydrogen-bond acceptors (Lipinski definition) is 8. The van der Waals surface area contributed by atoms with Gasteiger partial charge in [0, 0.05) is 6.42 Å². The van der Waals surface area contributed by atoms with Crippen LogP contribution in [0.1, 0.15) is 251 Å². The van der Waals surface area contributed by atoms with Crippen LogP contribution >= 0.6 is 0 Å². The maximum atomic E-state index is 12.8. The van der Waals surface area contributed by atoms with Gasteiger partial charge in [0.1, 0.15) is 24.4 Å². The van der Waals surface area contributed by atoms with Gasteiger partial charge in [0.05, 0.1) is 25.4 Å². The number of aliphatic hydroxyl groups excluding tert-OH is 5. The Morgan fingerprint density at radius 1 is 0.550 bits per heavy atom. The van der Waals surface area contributed by atoms with Gasteiger partial charge in [-0.05, 0) is 19.3 Å². The number of carbonyl (C=O) groups is 1. The average molecular weight is 854 g/mol. The molecule has 9 nitrogen and oxygen atoms in total. The quantitative estimate of drug-likeness (QED) is 0.0262. The van der Waals surface area contributed by atoms with Crippen LogP contribution in [0.25, 0.3) is 0 Å². The Balaban J connectivity index is 2.10. The Bertz CT molecular complexity index is 950. The number of nitrogens with one attached hydrogen (secondary N) is 1. The molecule has 1 amide bonds. The van der Waals surface area contributed by atoms with E-state index < -0.39 is 49.5 Å².